The lowest BCUT2D eigenvalue weighted by Crippen LogP contribution is -1.93. The van der Waals surface area contributed by atoms with Crippen LogP contribution in [-0.4, -0.2) is 12.6 Å². The monoisotopic (exact) mass is 127 g/mol. The minimum atomic E-state index is 0.637. The molecule has 1 atom stereocenters. The number of aliphatic imine (C=N–C) groups is 1. The summed E-state index contributed by atoms with van der Waals surface area (Å²) in [6, 6.07) is 0. The lowest BCUT2D eigenvalue weighted by atomic mass is 10.1. The molecule has 0 aromatic heterocycles. The molecule has 1 unspecified atom stereocenters. The summed E-state index contributed by atoms with van der Waals surface area (Å²) in [7, 11) is 0. The fourth-order valence-electron chi connectivity index (χ4n) is 0.535. The van der Waals surface area contributed by atoms with Gasteiger partial charge in [-0.25, -0.2) is 9.79 Å². The van der Waals surface area contributed by atoms with Crippen LogP contribution in [0.3, 0.4) is 0 Å². The fraction of sp³-hybridized carbons (Fsp3) is 0.857. The second kappa shape index (κ2) is 5.52. The highest BCUT2D eigenvalue weighted by molar-refractivity contribution is 5.32. The van der Waals surface area contributed by atoms with Crippen molar-refractivity contribution in [1.82, 2.24) is 0 Å². The van der Waals surface area contributed by atoms with Gasteiger partial charge in [0.1, 0.15) is 0 Å². The summed E-state index contributed by atoms with van der Waals surface area (Å²) in [4.78, 5) is 13.0. The standard InChI is InChI=1S/C7H13NO/c1-3-7(2)4-5-8-6-9/h7H,3-5H2,1-2H3. The van der Waals surface area contributed by atoms with Gasteiger partial charge in [0.15, 0.2) is 0 Å². The number of rotatable bonds is 4. The Balaban J connectivity index is 3.16. The smallest absolute Gasteiger partial charge is 0.211 e. The molecule has 0 N–H and O–H groups in total. The topological polar surface area (TPSA) is 29.4 Å². The van der Waals surface area contributed by atoms with Crippen LogP contribution in [0.25, 0.3) is 0 Å². The molecule has 0 rings (SSSR count). The van der Waals surface area contributed by atoms with Crippen molar-refractivity contribution in [2.45, 2.75) is 26.7 Å². The molecule has 9 heavy (non-hydrogen) atoms. The summed E-state index contributed by atoms with van der Waals surface area (Å²) in [5.74, 6) is 0.682. The highest BCUT2D eigenvalue weighted by Gasteiger charge is 1.95. The highest BCUT2D eigenvalue weighted by atomic mass is 16.1. The van der Waals surface area contributed by atoms with Crippen molar-refractivity contribution < 1.29 is 4.79 Å². The predicted molar refractivity (Wildman–Crippen MR) is 37.1 cm³/mol. The highest BCUT2D eigenvalue weighted by Crippen LogP contribution is 2.04. The lowest BCUT2D eigenvalue weighted by molar-refractivity contribution is 0.520. The molecule has 2 nitrogen and oxygen atoms in total. The third-order valence-electron chi connectivity index (χ3n) is 1.50. The zero-order chi connectivity index (χ0) is 7.11. The van der Waals surface area contributed by atoms with Crippen molar-refractivity contribution in [1.29, 1.82) is 0 Å². The maximum absolute atomic E-state index is 9.58. The second-order valence-corrected chi connectivity index (χ2v) is 2.28. The molecule has 0 aliphatic rings. The Bertz CT molecular complexity index is 105. The molecule has 0 heterocycles. The minimum absolute atomic E-state index is 0.637. The molecule has 0 aliphatic carbocycles. The van der Waals surface area contributed by atoms with Crippen molar-refractivity contribution in [3.05, 3.63) is 0 Å². The predicted octanol–water partition coefficient (Wildman–Crippen LogP) is 1.76. The Labute approximate surface area is 56.0 Å². The van der Waals surface area contributed by atoms with Crippen LogP contribution < -0.4 is 0 Å². The first-order valence-electron chi connectivity index (χ1n) is 3.34. The van der Waals surface area contributed by atoms with Gasteiger partial charge in [-0.05, 0) is 12.3 Å². The molecule has 0 radical (unpaired) electrons. The molecule has 52 valence electrons. The molecular formula is C7H13NO. The first-order chi connectivity index (χ1) is 4.31. The van der Waals surface area contributed by atoms with E-state index in [4.69, 9.17) is 0 Å². The molecule has 0 bridgehead atoms. The van der Waals surface area contributed by atoms with Crippen LogP contribution in [0, 0.1) is 5.92 Å². The molecule has 0 amide bonds. The van der Waals surface area contributed by atoms with Crippen molar-refractivity contribution in [2.75, 3.05) is 6.54 Å². The first-order valence-corrected chi connectivity index (χ1v) is 3.34. The maximum atomic E-state index is 9.58. The van der Waals surface area contributed by atoms with E-state index in [-0.39, 0.29) is 0 Å². The van der Waals surface area contributed by atoms with E-state index in [1.165, 1.54) is 6.08 Å². The van der Waals surface area contributed by atoms with Gasteiger partial charge >= 0.3 is 0 Å². The van der Waals surface area contributed by atoms with Gasteiger partial charge in [0, 0.05) is 0 Å². The quantitative estimate of drug-likeness (QED) is 0.418. The van der Waals surface area contributed by atoms with Crippen LogP contribution in [0.5, 0.6) is 0 Å². The van der Waals surface area contributed by atoms with Crippen molar-refractivity contribution in [3.8, 4) is 0 Å². The zero-order valence-electron chi connectivity index (χ0n) is 6.05. The van der Waals surface area contributed by atoms with Gasteiger partial charge < -0.3 is 0 Å². The Morgan fingerprint density at radius 1 is 1.67 bits per heavy atom. The fourth-order valence-corrected chi connectivity index (χ4v) is 0.535. The van der Waals surface area contributed by atoms with Gasteiger partial charge in [-0.3, -0.25) is 0 Å². The second-order valence-electron chi connectivity index (χ2n) is 2.28. The number of hydrogen-bond acceptors (Lipinski definition) is 2. The van der Waals surface area contributed by atoms with E-state index < -0.39 is 0 Å². The molecule has 0 fully saturated rings. The van der Waals surface area contributed by atoms with E-state index in [9.17, 15) is 4.79 Å². The average molecular weight is 127 g/mol. The van der Waals surface area contributed by atoms with Crippen LogP contribution >= 0.6 is 0 Å². The number of hydrogen-bond donors (Lipinski definition) is 0. The molecular weight excluding hydrogens is 114 g/mol. The van der Waals surface area contributed by atoms with E-state index in [0.717, 1.165) is 12.8 Å². The van der Waals surface area contributed by atoms with Crippen LogP contribution in [-0.2, 0) is 4.79 Å². The van der Waals surface area contributed by atoms with E-state index in [0.29, 0.717) is 12.5 Å². The Kier molecular flexibility index (Phi) is 5.14. The Morgan fingerprint density at radius 2 is 2.33 bits per heavy atom. The Morgan fingerprint density at radius 3 is 2.78 bits per heavy atom. The van der Waals surface area contributed by atoms with Crippen LogP contribution in [0.4, 0.5) is 0 Å². The van der Waals surface area contributed by atoms with E-state index in [1.807, 2.05) is 0 Å². The molecule has 0 spiro atoms. The molecule has 0 aromatic rings. The molecule has 0 aliphatic heterocycles. The van der Waals surface area contributed by atoms with Crippen LogP contribution in [0.1, 0.15) is 26.7 Å². The largest absolute Gasteiger partial charge is 0.234 e. The summed E-state index contributed by atoms with van der Waals surface area (Å²) in [5.41, 5.74) is 0. The van der Waals surface area contributed by atoms with E-state index in [1.54, 1.807) is 0 Å². The third kappa shape index (κ3) is 5.25. The molecule has 2 heteroatoms. The summed E-state index contributed by atoms with van der Waals surface area (Å²) in [6.07, 6.45) is 3.69. The molecule has 0 saturated carbocycles. The van der Waals surface area contributed by atoms with Crippen molar-refractivity contribution in [3.63, 3.8) is 0 Å². The zero-order valence-corrected chi connectivity index (χ0v) is 6.05. The van der Waals surface area contributed by atoms with E-state index >= 15 is 0 Å². The van der Waals surface area contributed by atoms with Gasteiger partial charge in [-0.15, -0.1) is 0 Å². The number of nitrogens with zero attached hydrogens (tertiary/aromatic N) is 1. The molecule has 0 saturated heterocycles. The van der Waals surface area contributed by atoms with Crippen molar-refractivity contribution in [2.24, 2.45) is 10.9 Å². The van der Waals surface area contributed by atoms with Gasteiger partial charge in [0.2, 0.25) is 6.08 Å². The summed E-state index contributed by atoms with van der Waals surface area (Å²) in [6.45, 7) is 4.92. The van der Waals surface area contributed by atoms with Crippen LogP contribution in [0.2, 0.25) is 0 Å². The maximum Gasteiger partial charge on any atom is 0.234 e. The third-order valence-corrected chi connectivity index (χ3v) is 1.50. The van der Waals surface area contributed by atoms with Crippen LogP contribution in [0.15, 0.2) is 4.99 Å². The van der Waals surface area contributed by atoms with Gasteiger partial charge in [-0.2, -0.15) is 0 Å². The minimum Gasteiger partial charge on any atom is -0.211 e. The average Bonchev–Trinajstić information content (AvgIpc) is 1.89. The number of carbonyl (C=O) groups excluding carboxylic acids is 1. The summed E-state index contributed by atoms with van der Waals surface area (Å²) < 4.78 is 0. The normalized spacial score (nSPS) is 12.2. The summed E-state index contributed by atoms with van der Waals surface area (Å²) >= 11 is 0. The van der Waals surface area contributed by atoms with Gasteiger partial charge in [0.05, 0.1) is 6.54 Å². The Hall–Kier alpha value is -0.620. The molecule has 0 aromatic carbocycles. The van der Waals surface area contributed by atoms with Gasteiger partial charge in [0.25, 0.3) is 0 Å². The van der Waals surface area contributed by atoms with Gasteiger partial charge in [-0.1, -0.05) is 20.3 Å². The number of isocyanates is 1. The van der Waals surface area contributed by atoms with E-state index in [2.05, 4.69) is 18.8 Å². The first kappa shape index (κ1) is 8.38. The summed E-state index contributed by atoms with van der Waals surface area (Å²) in [5, 5.41) is 0. The van der Waals surface area contributed by atoms with Crippen molar-refractivity contribution >= 4 is 6.08 Å². The SMILES string of the molecule is CCC(C)CCN=C=O. The lowest BCUT2D eigenvalue weighted by Gasteiger charge is -2.02.